The standard InChI is InChI=1S/C16H19BrClNOS/c1-4-19-14(16-15(18)10(2)9-21-16)8-11-7-12(20-3)5-6-13(11)17/h5-7,9,14,19H,4,8H2,1-3H3. The predicted molar refractivity (Wildman–Crippen MR) is 94.9 cm³/mol. The van der Waals surface area contributed by atoms with Gasteiger partial charge in [-0.2, -0.15) is 0 Å². The van der Waals surface area contributed by atoms with E-state index in [2.05, 4.69) is 39.6 Å². The molecule has 5 heteroatoms. The van der Waals surface area contributed by atoms with Crippen LogP contribution in [0.5, 0.6) is 5.75 Å². The van der Waals surface area contributed by atoms with Gasteiger partial charge in [-0.25, -0.2) is 0 Å². The lowest BCUT2D eigenvalue weighted by atomic mass is 10.0. The summed E-state index contributed by atoms with van der Waals surface area (Å²) in [6.07, 6.45) is 0.866. The van der Waals surface area contributed by atoms with Gasteiger partial charge >= 0.3 is 0 Å². The average Bonchev–Trinajstić information content (AvgIpc) is 2.81. The van der Waals surface area contributed by atoms with Gasteiger partial charge in [0, 0.05) is 15.4 Å². The second kappa shape index (κ2) is 7.63. The summed E-state index contributed by atoms with van der Waals surface area (Å²) in [5, 5.41) is 6.52. The van der Waals surface area contributed by atoms with E-state index in [1.807, 2.05) is 19.1 Å². The normalized spacial score (nSPS) is 12.4. The van der Waals surface area contributed by atoms with Crippen LogP contribution in [-0.4, -0.2) is 13.7 Å². The van der Waals surface area contributed by atoms with Crippen molar-refractivity contribution in [2.45, 2.75) is 26.3 Å². The van der Waals surface area contributed by atoms with Crippen LogP contribution in [0.4, 0.5) is 0 Å². The second-order valence-corrected chi connectivity index (χ2v) is 7.01. The zero-order chi connectivity index (χ0) is 15.4. The molecule has 0 bridgehead atoms. The Bertz CT molecular complexity index is 614. The molecule has 114 valence electrons. The lowest BCUT2D eigenvalue weighted by Gasteiger charge is -2.18. The van der Waals surface area contributed by atoms with Gasteiger partial charge in [-0.3, -0.25) is 0 Å². The molecule has 0 aliphatic heterocycles. The van der Waals surface area contributed by atoms with Gasteiger partial charge < -0.3 is 10.1 Å². The summed E-state index contributed by atoms with van der Waals surface area (Å²) in [6.45, 7) is 5.06. The van der Waals surface area contributed by atoms with E-state index in [-0.39, 0.29) is 6.04 Å². The Hall–Kier alpha value is -0.550. The molecule has 0 amide bonds. The van der Waals surface area contributed by atoms with Gasteiger partial charge in [0.1, 0.15) is 5.75 Å². The van der Waals surface area contributed by atoms with Crippen LogP contribution in [0.25, 0.3) is 0 Å². The summed E-state index contributed by atoms with van der Waals surface area (Å²) in [6, 6.07) is 6.27. The summed E-state index contributed by atoms with van der Waals surface area (Å²) in [5.74, 6) is 0.872. The number of hydrogen-bond donors (Lipinski definition) is 1. The largest absolute Gasteiger partial charge is 0.497 e. The Morgan fingerprint density at radius 1 is 1.43 bits per heavy atom. The molecule has 0 aliphatic rings. The van der Waals surface area contributed by atoms with Crippen molar-refractivity contribution in [3.63, 3.8) is 0 Å². The molecule has 21 heavy (non-hydrogen) atoms. The zero-order valence-electron chi connectivity index (χ0n) is 12.4. The number of aryl methyl sites for hydroxylation is 1. The molecule has 0 saturated carbocycles. The number of nitrogens with one attached hydrogen (secondary N) is 1. The molecule has 1 N–H and O–H groups in total. The number of benzene rings is 1. The van der Waals surface area contributed by atoms with Crippen LogP contribution in [0, 0.1) is 6.92 Å². The van der Waals surface area contributed by atoms with Crippen LogP contribution in [0.2, 0.25) is 5.02 Å². The molecule has 2 nitrogen and oxygen atoms in total. The predicted octanol–water partition coefficient (Wildman–Crippen LogP) is 5.37. The molecule has 0 aliphatic carbocycles. The van der Waals surface area contributed by atoms with E-state index >= 15 is 0 Å². The van der Waals surface area contributed by atoms with E-state index < -0.39 is 0 Å². The van der Waals surface area contributed by atoms with Crippen molar-refractivity contribution in [2.75, 3.05) is 13.7 Å². The van der Waals surface area contributed by atoms with E-state index in [0.29, 0.717) is 0 Å². The van der Waals surface area contributed by atoms with Gasteiger partial charge in [-0.15, -0.1) is 11.3 Å². The van der Waals surface area contributed by atoms with Crippen molar-refractivity contribution in [1.29, 1.82) is 0 Å². The van der Waals surface area contributed by atoms with Crippen molar-refractivity contribution in [3.8, 4) is 5.75 Å². The third kappa shape index (κ3) is 4.01. The highest BCUT2D eigenvalue weighted by molar-refractivity contribution is 9.10. The Morgan fingerprint density at radius 2 is 2.19 bits per heavy atom. The van der Waals surface area contributed by atoms with Gasteiger partial charge in [0.15, 0.2) is 0 Å². The lowest BCUT2D eigenvalue weighted by molar-refractivity contribution is 0.413. The maximum absolute atomic E-state index is 6.44. The van der Waals surface area contributed by atoms with Crippen molar-refractivity contribution in [1.82, 2.24) is 5.32 Å². The molecule has 1 aromatic heterocycles. The highest BCUT2D eigenvalue weighted by Gasteiger charge is 2.19. The zero-order valence-corrected chi connectivity index (χ0v) is 15.5. The van der Waals surface area contributed by atoms with Crippen LogP contribution >= 0.6 is 38.9 Å². The molecule has 0 radical (unpaired) electrons. The molecule has 0 fully saturated rings. The Kier molecular flexibility index (Phi) is 6.11. The maximum atomic E-state index is 6.44. The summed E-state index contributed by atoms with van der Waals surface area (Å²) in [7, 11) is 1.69. The molecule has 1 aromatic carbocycles. The van der Waals surface area contributed by atoms with Gasteiger partial charge in [-0.1, -0.05) is 34.5 Å². The third-order valence-corrected chi connectivity index (χ3v) is 5.97. The maximum Gasteiger partial charge on any atom is 0.119 e. The second-order valence-electron chi connectivity index (χ2n) is 4.87. The van der Waals surface area contributed by atoms with Gasteiger partial charge in [0.2, 0.25) is 0 Å². The van der Waals surface area contributed by atoms with E-state index in [1.165, 1.54) is 10.4 Å². The molecule has 1 heterocycles. The summed E-state index contributed by atoms with van der Waals surface area (Å²) in [5.41, 5.74) is 2.35. The first-order chi connectivity index (χ1) is 10.1. The molecule has 1 atom stereocenters. The number of halogens is 2. The smallest absolute Gasteiger partial charge is 0.119 e. The number of ether oxygens (including phenoxy) is 1. The van der Waals surface area contributed by atoms with E-state index in [9.17, 15) is 0 Å². The Balaban J connectivity index is 2.30. The summed E-state index contributed by atoms with van der Waals surface area (Å²) < 4.78 is 6.41. The molecular formula is C16H19BrClNOS. The van der Waals surface area contributed by atoms with Gasteiger partial charge in [-0.05, 0) is 54.6 Å². The highest BCUT2D eigenvalue weighted by Crippen LogP contribution is 2.35. The van der Waals surface area contributed by atoms with Crippen LogP contribution in [0.1, 0.15) is 29.0 Å². The minimum atomic E-state index is 0.213. The SMILES string of the molecule is CCNC(Cc1cc(OC)ccc1Br)c1scc(C)c1Cl. The number of thiophene rings is 1. The van der Waals surface area contributed by atoms with Crippen molar-refractivity contribution >= 4 is 38.9 Å². The monoisotopic (exact) mass is 387 g/mol. The minimum Gasteiger partial charge on any atom is -0.497 e. The topological polar surface area (TPSA) is 21.3 Å². The number of rotatable bonds is 6. The van der Waals surface area contributed by atoms with Gasteiger partial charge in [0.25, 0.3) is 0 Å². The first kappa shape index (κ1) is 16.8. The van der Waals surface area contributed by atoms with Crippen molar-refractivity contribution < 1.29 is 4.74 Å². The molecule has 2 aromatic rings. The number of hydrogen-bond acceptors (Lipinski definition) is 3. The van der Waals surface area contributed by atoms with Gasteiger partial charge in [0.05, 0.1) is 12.1 Å². The van der Waals surface area contributed by atoms with Crippen molar-refractivity contribution in [3.05, 3.63) is 49.1 Å². The fraction of sp³-hybridized carbons (Fsp3) is 0.375. The minimum absolute atomic E-state index is 0.213. The molecular weight excluding hydrogens is 370 g/mol. The molecule has 1 unspecified atom stereocenters. The molecule has 0 saturated heterocycles. The van der Waals surface area contributed by atoms with E-state index in [0.717, 1.165) is 33.8 Å². The fourth-order valence-corrected chi connectivity index (χ4v) is 4.05. The first-order valence-electron chi connectivity index (χ1n) is 6.86. The molecule has 2 rings (SSSR count). The molecule has 0 spiro atoms. The third-order valence-electron chi connectivity index (χ3n) is 3.37. The van der Waals surface area contributed by atoms with Crippen LogP contribution in [-0.2, 0) is 6.42 Å². The van der Waals surface area contributed by atoms with E-state index in [1.54, 1.807) is 18.4 Å². The lowest BCUT2D eigenvalue weighted by Crippen LogP contribution is -2.22. The van der Waals surface area contributed by atoms with Crippen LogP contribution in [0.15, 0.2) is 28.1 Å². The van der Waals surface area contributed by atoms with Crippen molar-refractivity contribution in [2.24, 2.45) is 0 Å². The number of likely N-dealkylation sites (N-methyl/N-ethyl adjacent to an activating group) is 1. The highest BCUT2D eigenvalue weighted by atomic mass is 79.9. The Labute approximate surface area is 143 Å². The average molecular weight is 389 g/mol. The summed E-state index contributed by atoms with van der Waals surface area (Å²) in [4.78, 5) is 1.20. The Morgan fingerprint density at radius 3 is 2.76 bits per heavy atom. The quantitative estimate of drug-likeness (QED) is 0.718. The summed E-state index contributed by atoms with van der Waals surface area (Å²) >= 11 is 11.8. The fourth-order valence-electron chi connectivity index (χ4n) is 2.24. The van der Waals surface area contributed by atoms with E-state index in [4.69, 9.17) is 16.3 Å². The van der Waals surface area contributed by atoms with Crippen LogP contribution in [0.3, 0.4) is 0 Å². The number of methoxy groups -OCH3 is 1. The first-order valence-corrected chi connectivity index (χ1v) is 8.91. The van der Waals surface area contributed by atoms with Crippen LogP contribution < -0.4 is 10.1 Å².